The van der Waals surface area contributed by atoms with Crippen LogP contribution in [0.3, 0.4) is 0 Å². The summed E-state index contributed by atoms with van der Waals surface area (Å²) in [5.74, 6) is 0.145. The number of benzene rings is 2. The monoisotopic (exact) mass is 309 g/mol. The molecule has 0 aliphatic carbocycles. The van der Waals surface area contributed by atoms with Crippen molar-refractivity contribution in [3.8, 4) is 0 Å². The Morgan fingerprint density at radius 2 is 2.09 bits per heavy atom. The summed E-state index contributed by atoms with van der Waals surface area (Å²) < 4.78 is 0. The molecule has 1 aliphatic heterocycles. The molecule has 1 aliphatic rings. The van der Waals surface area contributed by atoms with E-state index in [1.807, 2.05) is 13.1 Å². The van der Waals surface area contributed by atoms with Crippen LogP contribution < -0.4 is 16.0 Å². The van der Waals surface area contributed by atoms with Gasteiger partial charge in [0.25, 0.3) is 0 Å². The van der Waals surface area contributed by atoms with Gasteiger partial charge in [-0.05, 0) is 42.7 Å². The van der Waals surface area contributed by atoms with Crippen molar-refractivity contribution in [1.29, 1.82) is 0 Å². The Hall–Kier alpha value is -2.49. The van der Waals surface area contributed by atoms with Crippen LogP contribution in [0.25, 0.3) is 0 Å². The largest absolute Gasteiger partial charge is 0.388 e. The van der Waals surface area contributed by atoms with Gasteiger partial charge < -0.3 is 16.0 Å². The second-order valence-corrected chi connectivity index (χ2v) is 6.05. The summed E-state index contributed by atoms with van der Waals surface area (Å²) in [6.45, 7) is 2.87. The second-order valence-electron chi connectivity index (χ2n) is 6.05. The topological polar surface area (TPSA) is 53.2 Å². The highest BCUT2D eigenvalue weighted by Gasteiger charge is 2.22. The van der Waals surface area contributed by atoms with Gasteiger partial charge in [0.2, 0.25) is 5.91 Å². The van der Waals surface area contributed by atoms with Crippen LogP contribution in [-0.4, -0.2) is 13.0 Å². The predicted octanol–water partition coefficient (Wildman–Crippen LogP) is 3.60. The average molecular weight is 309 g/mol. The van der Waals surface area contributed by atoms with E-state index in [2.05, 4.69) is 59.3 Å². The van der Waals surface area contributed by atoms with Crippen molar-refractivity contribution in [2.24, 2.45) is 0 Å². The molecule has 1 fully saturated rings. The van der Waals surface area contributed by atoms with Crippen molar-refractivity contribution in [3.05, 3.63) is 59.2 Å². The van der Waals surface area contributed by atoms with Crippen LogP contribution in [0, 0.1) is 6.92 Å². The van der Waals surface area contributed by atoms with Crippen molar-refractivity contribution in [1.82, 2.24) is 5.32 Å². The average Bonchev–Trinajstić information content (AvgIpc) is 3.00. The van der Waals surface area contributed by atoms with Crippen LogP contribution in [0.1, 0.15) is 35.6 Å². The van der Waals surface area contributed by atoms with Crippen LogP contribution in [0.5, 0.6) is 0 Å². The van der Waals surface area contributed by atoms with Crippen LogP contribution in [-0.2, 0) is 11.3 Å². The number of amides is 1. The van der Waals surface area contributed by atoms with Crippen molar-refractivity contribution in [2.75, 3.05) is 17.7 Å². The number of hydrogen-bond donors (Lipinski definition) is 3. The lowest BCUT2D eigenvalue weighted by molar-refractivity contribution is -0.119. The molecule has 0 bridgehead atoms. The zero-order chi connectivity index (χ0) is 16.2. The zero-order valence-electron chi connectivity index (χ0n) is 13.6. The molecule has 0 saturated carbocycles. The van der Waals surface area contributed by atoms with E-state index >= 15 is 0 Å². The van der Waals surface area contributed by atoms with Gasteiger partial charge in [0, 0.05) is 31.4 Å². The molecule has 3 rings (SSSR count). The van der Waals surface area contributed by atoms with E-state index in [1.54, 1.807) is 0 Å². The fourth-order valence-corrected chi connectivity index (χ4v) is 3.04. The molecule has 0 radical (unpaired) electrons. The third-order valence-electron chi connectivity index (χ3n) is 4.30. The summed E-state index contributed by atoms with van der Waals surface area (Å²) in [4.78, 5) is 11.4. The Bertz CT molecular complexity index is 712. The molecule has 4 nitrogen and oxygen atoms in total. The molecule has 2 aromatic carbocycles. The first kappa shape index (κ1) is 15.4. The molecule has 1 saturated heterocycles. The molecule has 1 amide bonds. The molecule has 120 valence electrons. The van der Waals surface area contributed by atoms with E-state index in [0.717, 1.165) is 24.3 Å². The summed E-state index contributed by atoms with van der Waals surface area (Å²) in [6, 6.07) is 14.9. The van der Waals surface area contributed by atoms with E-state index in [4.69, 9.17) is 0 Å². The molecule has 1 heterocycles. The molecular formula is C19H23N3O. The van der Waals surface area contributed by atoms with E-state index < -0.39 is 0 Å². The molecule has 0 aromatic heterocycles. The van der Waals surface area contributed by atoms with Gasteiger partial charge >= 0.3 is 0 Å². The summed E-state index contributed by atoms with van der Waals surface area (Å²) in [5.41, 5.74) is 5.88. The molecule has 1 atom stereocenters. The first-order valence-corrected chi connectivity index (χ1v) is 8.06. The van der Waals surface area contributed by atoms with Gasteiger partial charge in [-0.25, -0.2) is 0 Å². The maximum Gasteiger partial charge on any atom is 0.220 e. The van der Waals surface area contributed by atoms with Crippen LogP contribution in [0.15, 0.2) is 42.5 Å². The van der Waals surface area contributed by atoms with Gasteiger partial charge in [-0.15, -0.1) is 0 Å². The van der Waals surface area contributed by atoms with E-state index in [-0.39, 0.29) is 11.9 Å². The minimum absolute atomic E-state index is 0.145. The fourth-order valence-electron chi connectivity index (χ4n) is 3.04. The Morgan fingerprint density at radius 3 is 2.83 bits per heavy atom. The van der Waals surface area contributed by atoms with Gasteiger partial charge in [0.05, 0.1) is 6.04 Å². The molecule has 23 heavy (non-hydrogen) atoms. The maximum absolute atomic E-state index is 11.4. The standard InChI is InChI=1S/C19H23N3O/c1-13-6-7-17(20-2)15(10-13)12-21-16-5-3-4-14(11-16)18-8-9-19(23)22-18/h3-7,10-11,18,20-21H,8-9,12H2,1-2H3,(H,22,23)/t18-/m0/s1. The van der Waals surface area contributed by atoms with Crippen LogP contribution in [0.4, 0.5) is 11.4 Å². The predicted molar refractivity (Wildman–Crippen MR) is 94.6 cm³/mol. The minimum atomic E-state index is 0.145. The summed E-state index contributed by atoms with van der Waals surface area (Å²) in [6.07, 6.45) is 1.50. The SMILES string of the molecule is CNc1ccc(C)cc1CNc1cccc([C@@H]2CCC(=O)N2)c1. The third kappa shape index (κ3) is 3.65. The second kappa shape index (κ2) is 6.73. The molecule has 2 aromatic rings. The highest BCUT2D eigenvalue weighted by atomic mass is 16.1. The Labute approximate surface area is 137 Å². The van der Waals surface area contributed by atoms with Crippen molar-refractivity contribution < 1.29 is 4.79 Å². The minimum Gasteiger partial charge on any atom is -0.388 e. The van der Waals surface area contributed by atoms with E-state index in [1.165, 1.54) is 16.7 Å². The van der Waals surface area contributed by atoms with Gasteiger partial charge in [-0.1, -0.05) is 29.8 Å². The zero-order valence-corrected chi connectivity index (χ0v) is 13.6. The quantitative estimate of drug-likeness (QED) is 0.791. The number of nitrogens with one attached hydrogen (secondary N) is 3. The summed E-state index contributed by atoms with van der Waals surface area (Å²) in [5, 5.41) is 9.74. The Balaban J connectivity index is 1.71. The molecule has 3 N–H and O–H groups in total. The Kier molecular flexibility index (Phi) is 4.51. The van der Waals surface area contributed by atoms with Gasteiger partial charge in [-0.3, -0.25) is 4.79 Å². The number of rotatable bonds is 5. The number of carbonyl (C=O) groups excluding carboxylic acids is 1. The number of anilines is 2. The first-order chi connectivity index (χ1) is 11.2. The van der Waals surface area contributed by atoms with Crippen LogP contribution in [0.2, 0.25) is 0 Å². The fraction of sp³-hybridized carbons (Fsp3) is 0.316. The highest BCUT2D eigenvalue weighted by molar-refractivity contribution is 5.78. The number of aryl methyl sites for hydroxylation is 1. The smallest absolute Gasteiger partial charge is 0.220 e. The molecular weight excluding hydrogens is 286 g/mol. The molecule has 0 unspecified atom stereocenters. The third-order valence-corrected chi connectivity index (χ3v) is 4.30. The van der Waals surface area contributed by atoms with E-state index in [0.29, 0.717) is 6.42 Å². The van der Waals surface area contributed by atoms with Crippen molar-refractivity contribution in [2.45, 2.75) is 32.4 Å². The maximum atomic E-state index is 11.4. The van der Waals surface area contributed by atoms with Crippen molar-refractivity contribution >= 4 is 17.3 Å². The lowest BCUT2D eigenvalue weighted by atomic mass is 10.0. The normalized spacial score (nSPS) is 17.0. The Morgan fingerprint density at radius 1 is 1.22 bits per heavy atom. The first-order valence-electron chi connectivity index (χ1n) is 8.06. The van der Waals surface area contributed by atoms with E-state index in [9.17, 15) is 4.79 Å². The molecule has 0 spiro atoms. The molecule has 4 heteroatoms. The van der Waals surface area contributed by atoms with Gasteiger partial charge in [0.1, 0.15) is 0 Å². The van der Waals surface area contributed by atoms with Crippen LogP contribution >= 0.6 is 0 Å². The lowest BCUT2D eigenvalue weighted by Crippen LogP contribution is -2.18. The van der Waals surface area contributed by atoms with Crippen molar-refractivity contribution in [3.63, 3.8) is 0 Å². The van der Waals surface area contributed by atoms with Gasteiger partial charge in [-0.2, -0.15) is 0 Å². The number of hydrogen-bond acceptors (Lipinski definition) is 3. The van der Waals surface area contributed by atoms with Gasteiger partial charge in [0.15, 0.2) is 0 Å². The number of carbonyl (C=O) groups is 1. The lowest BCUT2D eigenvalue weighted by Gasteiger charge is -2.15. The summed E-state index contributed by atoms with van der Waals surface area (Å²) in [7, 11) is 1.94. The summed E-state index contributed by atoms with van der Waals surface area (Å²) >= 11 is 0. The highest BCUT2D eigenvalue weighted by Crippen LogP contribution is 2.26.